The number of nitrogens with zero attached hydrogens (tertiary/aromatic N) is 2. The Labute approximate surface area is 160 Å². The van der Waals surface area contributed by atoms with E-state index in [4.69, 9.17) is 11.6 Å². The largest absolute Gasteiger partial charge is 0.369 e. The van der Waals surface area contributed by atoms with Crippen LogP contribution in [-0.4, -0.2) is 43.5 Å². The van der Waals surface area contributed by atoms with Crippen LogP contribution < -0.4 is 10.2 Å². The first kappa shape index (κ1) is 18.7. The van der Waals surface area contributed by atoms with Crippen molar-refractivity contribution in [2.75, 3.05) is 42.9 Å². The van der Waals surface area contributed by atoms with Gasteiger partial charge in [-0.3, -0.25) is 9.69 Å². The fourth-order valence-electron chi connectivity index (χ4n) is 3.21. The molecular formula is C21H26ClN3O. The van der Waals surface area contributed by atoms with Gasteiger partial charge in [0.25, 0.3) is 0 Å². The van der Waals surface area contributed by atoms with Crippen molar-refractivity contribution < 1.29 is 4.79 Å². The third kappa shape index (κ3) is 5.23. The Hall–Kier alpha value is -2.04. The van der Waals surface area contributed by atoms with E-state index in [9.17, 15) is 4.79 Å². The lowest BCUT2D eigenvalue weighted by Crippen LogP contribution is -2.47. The van der Waals surface area contributed by atoms with Gasteiger partial charge in [-0.25, -0.2) is 0 Å². The molecule has 0 unspecified atom stereocenters. The van der Waals surface area contributed by atoms with Crippen molar-refractivity contribution in [1.29, 1.82) is 0 Å². The molecule has 3 rings (SSSR count). The lowest BCUT2D eigenvalue weighted by Gasteiger charge is -2.36. The molecule has 0 radical (unpaired) electrons. The van der Waals surface area contributed by atoms with Crippen LogP contribution in [0.4, 0.5) is 11.4 Å². The number of halogens is 1. The molecular weight excluding hydrogens is 346 g/mol. The second-order valence-corrected chi connectivity index (χ2v) is 7.09. The number of carbonyl (C=O) groups excluding carboxylic acids is 1. The molecule has 138 valence electrons. The number of anilines is 2. The highest BCUT2D eigenvalue weighted by Crippen LogP contribution is 2.20. The van der Waals surface area contributed by atoms with Crippen molar-refractivity contribution in [2.45, 2.75) is 19.8 Å². The topological polar surface area (TPSA) is 35.6 Å². The Morgan fingerprint density at radius 2 is 1.81 bits per heavy atom. The number of piperazine rings is 1. The third-order valence-corrected chi connectivity index (χ3v) is 5.08. The maximum absolute atomic E-state index is 12.2. The van der Waals surface area contributed by atoms with Crippen molar-refractivity contribution >= 4 is 28.9 Å². The molecule has 0 bridgehead atoms. The van der Waals surface area contributed by atoms with E-state index < -0.39 is 0 Å². The third-order valence-electron chi connectivity index (χ3n) is 4.85. The van der Waals surface area contributed by atoms with E-state index in [2.05, 4.69) is 40.2 Å². The maximum Gasteiger partial charge on any atom is 0.225 e. The number of hydrogen-bond acceptors (Lipinski definition) is 3. The first-order chi connectivity index (χ1) is 12.6. The zero-order chi connectivity index (χ0) is 18.4. The summed E-state index contributed by atoms with van der Waals surface area (Å²) in [7, 11) is 0. The molecule has 1 aliphatic heterocycles. The number of amides is 1. The van der Waals surface area contributed by atoms with E-state index in [1.807, 2.05) is 30.3 Å². The number of rotatable bonds is 6. The van der Waals surface area contributed by atoms with Crippen LogP contribution >= 0.6 is 11.6 Å². The second kappa shape index (κ2) is 9.06. The lowest BCUT2D eigenvalue weighted by molar-refractivity contribution is -0.116. The molecule has 26 heavy (non-hydrogen) atoms. The van der Waals surface area contributed by atoms with E-state index in [0.717, 1.165) is 49.9 Å². The lowest BCUT2D eigenvalue weighted by atomic mass is 10.1. The first-order valence-electron chi connectivity index (χ1n) is 9.25. The maximum atomic E-state index is 12.2. The Kier molecular flexibility index (Phi) is 6.53. The van der Waals surface area contributed by atoms with Gasteiger partial charge in [0.1, 0.15) is 0 Å². The average molecular weight is 372 g/mol. The predicted octanol–water partition coefficient (Wildman–Crippen LogP) is 4.05. The van der Waals surface area contributed by atoms with E-state index >= 15 is 0 Å². The summed E-state index contributed by atoms with van der Waals surface area (Å²) in [5, 5.41) is 3.75. The van der Waals surface area contributed by atoms with Gasteiger partial charge in [-0.05, 0) is 42.3 Å². The van der Waals surface area contributed by atoms with Gasteiger partial charge >= 0.3 is 0 Å². The van der Waals surface area contributed by atoms with Crippen LogP contribution in [0.25, 0.3) is 0 Å². The predicted molar refractivity (Wildman–Crippen MR) is 109 cm³/mol. The summed E-state index contributed by atoms with van der Waals surface area (Å²) in [5.74, 6) is 0.0755. The molecule has 0 aromatic heterocycles. The van der Waals surface area contributed by atoms with Crippen LogP contribution in [0.1, 0.15) is 18.9 Å². The molecule has 1 fully saturated rings. The van der Waals surface area contributed by atoms with Gasteiger partial charge in [0.2, 0.25) is 5.91 Å². The van der Waals surface area contributed by atoms with Gasteiger partial charge in [-0.2, -0.15) is 0 Å². The summed E-state index contributed by atoms with van der Waals surface area (Å²) in [6.07, 6.45) is 1.53. The Morgan fingerprint density at radius 3 is 2.46 bits per heavy atom. The molecule has 0 aliphatic carbocycles. The van der Waals surface area contributed by atoms with Gasteiger partial charge in [0.05, 0.1) is 0 Å². The fourth-order valence-corrected chi connectivity index (χ4v) is 3.39. The minimum Gasteiger partial charge on any atom is -0.369 e. The van der Waals surface area contributed by atoms with Crippen molar-refractivity contribution in [2.24, 2.45) is 0 Å². The van der Waals surface area contributed by atoms with Crippen LogP contribution in [0.5, 0.6) is 0 Å². The number of carbonyl (C=O) groups is 1. The Bertz CT molecular complexity index is 724. The van der Waals surface area contributed by atoms with Crippen LogP contribution in [0.2, 0.25) is 5.02 Å². The van der Waals surface area contributed by atoms with Crippen molar-refractivity contribution in [3.8, 4) is 0 Å². The highest BCUT2D eigenvalue weighted by Gasteiger charge is 2.18. The van der Waals surface area contributed by atoms with Gasteiger partial charge in [0, 0.05) is 55.5 Å². The van der Waals surface area contributed by atoms with E-state index in [1.165, 1.54) is 11.3 Å². The van der Waals surface area contributed by atoms with Crippen LogP contribution in [-0.2, 0) is 11.2 Å². The number of aryl methyl sites for hydroxylation is 1. The first-order valence-corrected chi connectivity index (χ1v) is 9.63. The zero-order valence-corrected chi connectivity index (χ0v) is 16.0. The quantitative estimate of drug-likeness (QED) is 0.831. The van der Waals surface area contributed by atoms with Gasteiger partial charge in [0.15, 0.2) is 0 Å². The monoisotopic (exact) mass is 371 g/mol. The van der Waals surface area contributed by atoms with Crippen molar-refractivity contribution in [3.63, 3.8) is 0 Å². The molecule has 1 heterocycles. The van der Waals surface area contributed by atoms with E-state index in [-0.39, 0.29) is 5.91 Å². The molecule has 4 nitrogen and oxygen atoms in total. The summed E-state index contributed by atoms with van der Waals surface area (Å²) in [6, 6.07) is 16.1. The summed E-state index contributed by atoms with van der Waals surface area (Å²) in [4.78, 5) is 16.9. The summed E-state index contributed by atoms with van der Waals surface area (Å²) in [6.45, 7) is 6.76. The summed E-state index contributed by atoms with van der Waals surface area (Å²) < 4.78 is 0. The van der Waals surface area contributed by atoms with Crippen LogP contribution in [0.15, 0.2) is 48.5 Å². The molecule has 1 aliphatic rings. The fraction of sp³-hybridized carbons (Fsp3) is 0.381. The molecule has 0 saturated carbocycles. The molecule has 5 heteroatoms. The molecule has 1 saturated heterocycles. The van der Waals surface area contributed by atoms with Gasteiger partial charge in [-0.1, -0.05) is 36.7 Å². The Balaban J connectivity index is 1.41. The molecule has 0 atom stereocenters. The zero-order valence-electron chi connectivity index (χ0n) is 15.2. The van der Waals surface area contributed by atoms with Crippen molar-refractivity contribution in [3.05, 3.63) is 59.1 Å². The van der Waals surface area contributed by atoms with Crippen LogP contribution in [0.3, 0.4) is 0 Å². The SMILES string of the molecule is CCc1ccc(NC(=O)CCN2CCN(c3cccc(Cl)c3)CC2)cc1. The van der Waals surface area contributed by atoms with Gasteiger partial charge < -0.3 is 10.2 Å². The number of benzene rings is 2. The molecule has 0 spiro atoms. The number of nitrogens with one attached hydrogen (secondary N) is 1. The highest BCUT2D eigenvalue weighted by molar-refractivity contribution is 6.30. The summed E-state index contributed by atoms with van der Waals surface area (Å²) in [5.41, 5.74) is 3.32. The summed E-state index contributed by atoms with van der Waals surface area (Å²) >= 11 is 6.08. The smallest absolute Gasteiger partial charge is 0.225 e. The van der Waals surface area contributed by atoms with E-state index in [1.54, 1.807) is 0 Å². The molecule has 1 amide bonds. The van der Waals surface area contributed by atoms with Crippen LogP contribution in [0, 0.1) is 0 Å². The molecule has 1 N–H and O–H groups in total. The minimum absolute atomic E-state index is 0.0755. The standard InChI is InChI=1S/C21H26ClN3O/c1-2-17-6-8-19(9-7-17)23-21(26)10-11-24-12-14-25(15-13-24)20-5-3-4-18(22)16-20/h3-9,16H,2,10-15H2,1H3,(H,23,26). The van der Waals surface area contributed by atoms with Crippen molar-refractivity contribution in [1.82, 2.24) is 4.90 Å². The number of hydrogen-bond donors (Lipinski definition) is 1. The van der Waals surface area contributed by atoms with Gasteiger partial charge in [-0.15, -0.1) is 0 Å². The molecule has 2 aromatic carbocycles. The molecule has 2 aromatic rings. The van der Waals surface area contributed by atoms with E-state index in [0.29, 0.717) is 6.42 Å². The average Bonchev–Trinajstić information content (AvgIpc) is 2.67. The highest BCUT2D eigenvalue weighted by atomic mass is 35.5. The normalized spacial score (nSPS) is 15.1. The minimum atomic E-state index is 0.0755. The Morgan fingerprint density at radius 1 is 1.08 bits per heavy atom. The second-order valence-electron chi connectivity index (χ2n) is 6.66.